The predicted molar refractivity (Wildman–Crippen MR) is 62.7 cm³/mol. The molecule has 0 radical (unpaired) electrons. The molecular weight excluding hydrogens is 237 g/mol. The third-order valence-corrected chi connectivity index (χ3v) is 1.96. The summed E-state index contributed by atoms with van der Waals surface area (Å²) in [6, 6.07) is 0. The van der Waals surface area contributed by atoms with Crippen LogP contribution in [0.4, 0.5) is 5.95 Å². The van der Waals surface area contributed by atoms with Crippen molar-refractivity contribution in [2.75, 3.05) is 18.9 Å². The quantitative estimate of drug-likeness (QED) is 0.426. The minimum atomic E-state index is -0.386. The summed E-state index contributed by atoms with van der Waals surface area (Å²) in [4.78, 5) is 21.6. The molecule has 2 aromatic heterocycles. The van der Waals surface area contributed by atoms with Gasteiger partial charge in [0.25, 0.3) is 5.56 Å². The van der Waals surface area contributed by atoms with E-state index in [4.69, 9.17) is 15.6 Å². The number of nitrogen functional groups attached to an aromatic ring is 1. The third-order valence-electron chi connectivity index (χ3n) is 1.96. The third kappa shape index (κ3) is 3.05. The standard InChI is InChI=1S/C8H11N5O3.Na.H/c9-8-11-6-5(7(15)12-8)10-3-13(6)4-16-2-1-14;;/h3,14H,1-2,4H2,(H3,9,11,12,15);;. The number of nitrogens with one attached hydrogen (secondary N) is 1. The van der Waals surface area contributed by atoms with Crippen molar-refractivity contribution in [3.8, 4) is 0 Å². The van der Waals surface area contributed by atoms with Gasteiger partial charge in [0.05, 0.1) is 19.5 Å². The molecule has 0 fully saturated rings. The van der Waals surface area contributed by atoms with Crippen LogP contribution in [0.25, 0.3) is 11.2 Å². The first-order valence-corrected chi connectivity index (χ1v) is 4.61. The van der Waals surface area contributed by atoms with E-state index in [1.54, 1.807) is 0 Å². The summed E-state index contributed by atoms with van der Waals surface area (Å²) in [6.45, 7) is 0.300. The van der Waals surface area contributed by atoms with Crippen molar-refractivity contribution in [2.24, 2.45) is 0 Å². The Bertz CT molecular complexity index is 552. The molecule has 0 amide bonds. The van der Waals surface area contributed by atoms with E-state index in [2.05, 4.69) is 15.0 Å². The zero-order valence-corrected chi connectivity index (χ0v) is 8.38. The van der Waals surface area contributed by atoms with E-state index in [0.717, 1.165) is 0 Å². The van der Waals surface area contributed by atoms with Crippen molar-refractivity contribution in [2.45, 2.75) is 6.73 Å². The van der Waals surface area contributed by atoms with Gasteiger partial charge in [-0.25, -0.2) is 4.98 Å². The molecule has 9 heteroatoms. The van der Waals surface area contributed by atoms with Crippen LogP contribution in [0.5, 0.6) is 0 Å². The van der Waals surface area contributed by atoms with Crippen LogP contribution in [0.3, 0.4) is 0 Å². The van der Waals surface area contributed by atoms with Gasteiger partial charge in [-0.2, -0.15) is 4.98 Å². The fraction of sp³-hybridized carbons (Fsp3) is 0.375. The summed E-state index contributed by atoms with van der Waals surface area (Å²) in [6.07, 6.45) is 1.43. The van der Waals surface area contributed by atoms with Gasteiger partial charge in [0.2, 0.25) is 5.95 Å². The van der Waals surface area contributed by atoms with Crippen LogP contribution < -0.4 is 11.3 Å². The Balaban J connectivity index is 0.00000144. The van der Waals surface area contributed by atoms with Crippen LogP contribution in [-0.2, 0) is 11.5 Å². The Kier molecular flexibility index (Phi) is 5.09. The van der Waals surface area contributed by atoms with Gasteiger partial charge in [-0.05, 0) is 0 Å². The Hall–Kier alpha value is -0.930. The van der Waals surface area contributed by atoms with Crippen molar-refractivity contribution in [1.82, 2.24) is 19.5 Å². The van der Waals surface area contributed by atoms with Crippen molar-refractivity contribution in [3.05, 3.63) is 16.7 Å². The number of aromatic amines is 1. The molecule has 0 unspecified atom stereocenters. The second-order valence-electron chi connectivity index (χ2n) is 3.10. The van der Waals surface area contributed by atoms with E-state index in [-0.39, 0.29) is 66.5 Å². The van der Waals surface area contributed by atoms with Crippen LogP contribution in [0.15, 0.2) is 11.1 Å². The van der Waals surface area contributed by atoms with E-state index in [0.29, 0.717) is 5.65 Å². The summed E-state index contributed by atoms with van der Waals surface area (Å²) in [5, 5.41) is 8.56. The fourth-order valence-electron chi connectivity index (χ4n) is 1.29. The van der Waals surface area contributed by atoms with Gasteiger partial charge in [-0.3, -0.25) is 14.3 Å². The summed E-state index contributed by atoms with van der Waals surface area (Å²) in [7, 11) is 0. The van der Waals surface area contributed by atoms with Gasteiger partial charge < -0.3 is 15.6 Å². The SMILES string of the molecule is Nc1nc2c(ncn2COCCO)c(=O)[nH]1.[NaH]. The van der Waals surface area contributed by atoms with Crippen molar-refractivity contribution in [3.63, 3.8) is 0 Å². The number of H-pyrrole nitrogens is 1. The van der Waals surface area contributed by atoms with Crippen LogP contribution >= 0.6 is 0 Å². The molecule has 0 saturated carbocycles. The van der Waals surface area contributed by atoms with Gasteiger partial charge in [0.15, 0.2) is 11.2 Å². The molecule has 8 nitrogen and oxygen atoms in total. The molecule has 0 atom stereocenters. The van der Waals surface area contributed by atoms with E-state index < -0.39 is 0 Å². The normalized spacial score (nSPS) is 10.4. The zero-order chi connectivity index (χ0) is 11.5. The maximum atomic E-state index is 11.4. The summed E-state index contributed by atoms with van der Waals surface area (Å²) >= 11 is 0. The van der Waals surface area contributed by atoms with E-state index >= 15 is 0 Å². The Labute approximate surface area is 118 Å². The van der Waals surface area contributed by atoms with Crippen LogP contribution in [0.2, 0.25) is 0 Å². The first kappa shape index (κ1) is 14.1. The number of anilines is 1. The molecule has 0 spiro atoms. The summed E-state index contributed by atoms with van der Waals surface area (Å²) in [5.41, 5.74) is 5.60. The second kappa shape index (κ2) is 6.12. The molecule has 88 valence electrons. The van der Waals surface area contributed by atoms with Gasteiger partial charge >= 0.3 is 29.6 Å². The maximum absolute atomic E-state index is 11.4. The number of aliphatic hydroxyl groups is 1. The van der Waals surface area contributed by atoms with Gasteiger partial charge in [-0.1, -0.05) is 0 Å². The fourth-order valence-corrected chi connectivity index (χ4v) is 1.29. The van der Waals surface area contributed by atoms with Crippen LogP contribution in [0.1, 0.15) is 0 Å². The van der Waals surface area contributed by atoms with Crippen LogP contribution in [-0.4, -0.2) is 67.4 Å². The molecule has 4 N–H and O–H groups in total. The molecular formula is C8H12N5NaO3. The van der Waals surface area contributed by atoms with Crippen molar-refractivity contribution < 1.29 is 9.84 Å². The number of hydrogen-bond donors (Lipinski definition) is 3. The van der Waals surface area contributed by atoms with Gasteiger partial charge in [-0.15, -0.1) is 0 Å². The number of aromatic nitrogens is 4. The molecule has 0 saturated heterocycles. The molecule has 2 aromatic rings. The average Bonchev–Trinajstić information content (AvgIpc) is 2.62. The zero-order valence-electron chi connectivity index (χ0n) is 8.38. The number of fused-ring (bicyclic) bond motifs is 1. The van der Waals surface area contributed by atoms with E-state index in [1.807, 2.05) is 0 Å². The number of imidazole rings is 1. The summed E-state index contributed by atoms with van der Waals surface area (Å²) in [5.74, 6) is 0.0291. The topological polar surface area (TPSA) is 119 Å². The average molecular weight is 249 g/mol. The Morgan fingerprint density at radius 2 is 2.35 bits per heavy atom. The minimum absolute atomic E-state index is 0. The number of ether oxygens (including phenoxy) is 1. The number of hydrogen-bond acceptors (Lipinski definition) is 6. The van der Waals surface area contributed by atoms with Crippen LogP contribution in [0, 0.1) is 0 Å². The number of nitrogens with two attached hydrogens (primary N) is 1. The first-order chi connectivity index (χ1) is 7.72. The van der Waals surface area contributed by atoms with E-state index in [9.17, 15) is 4.79 Å². The molecule has 0 aliphatic rings. The molecule has 2 rings (SSSR count). The second-order valence-corrected chi connectivity index (χ2v) is 3.10. The molecule has 0 aliphatic heterocycles. The molecule has 0 aliphatic carbocycles. The van der Waals surface area contributed by atoms with Gasteiger partial charge in [0, 0.05) is 0 Å². The molecule has 0 bridgehead atoms. The number of aliphatic hydroxyl groups excluding tert-OH is 1. The van der Waals surface area contributed by atoms with Crippen molar-refractivity contribution in [1.29, 1.82) is 0 Å². The van der Waals surface area contributed by atoms with Gasteiger partial charge in [0.1, 0.15) is 6.73 Å². The monoisotopic (exact) mass is 249 g/mol. The number of nitrogens with zero attached hydrogens (tertiary/aromatic N) is 3. The Morgan fingerprint density at radius 1 is 1.59 bits per heavy atom. The molecule has 17 heavy (non-hydrogen) atoms. The first-order valence-electron chi connectivity index (χ1n) is 4.61. The van der Waals surface area contributed by atoms with Crippen molar-refractivity contribution >= 4 is 46.7 Å². The number of rotatable bonds is 4. The molecule has 2 heterocycles. The molecule has 0 aromatic carbocycles. The summed E-state index contributed by atoms with van der Waals surface area (Å²) < 4.78 is 6.63. The van der Waals surface area contributed by atoms with E-state index in [1.165, 1.54) is 10.9 Å². The predicted octanol–water partition coefficient (Wildman–Crippen LogP) is -1.98. The Morgan fingerprint density at radius 3 is 3.06 bits per heavy atom.